The zero-order valence-corrected chi connectivity index (χ0v) is 22.3. The molecule has 4 aliphatic rings. The Bertz CT molecular complexity index is 943. The minimum Gasteiger partial charge on any atom is -0.394 e. The Hall–Kier alpha value is -1.80. The Morgan fingerprint density at radius 1 is 1.09 bits per heavy atom. The molecule has 4 rings (SSSR count). The molecule has 4 heterocycles. The maximum Gasteiger partial charge on any atom is 0.247 e. The number of carbonyl (C=O) groups is 3. The molecule has 0 aromatic heterocycles. The van der Waals surface area contributed by atoms with E-state index in [1.807, 2.05) is 64.7 Å². The molecular weight excluding hydrogens is 450 g/mol. The summed E-state index contributed by atoms with van der Waals surface area (Å²) >= 11 is 1.59. The van der Waals surface area contributed by atoms with Gasteiger partial charge in [-0.25, -0.2) is 0 Å². The van der Waals surface area contributed by atoms with Crippen molar-refractivity contribution >= 4 is 29.5 Å². The van der Waals surface area contributed by atoms with Crippen LogP contribution in [0.15, 0.2) is 24.3 Å². The van der Waals surface area contributed by atoms with E-state index in [0.29, 0.717) is 13.1 Å². The molecule has 2 fully saturated rings. The minimum absolute atomic E-state index is 0.0109. The zero-order chi connectivity index (χ0) is 25.2. The largest absolute Gasteiger partial charge is 0.394 e. The fourth-order valence-electron chi connectivity index (χ4n) is 6.36. The first-order chi connectivity index (χ1) is 15.8. The lowest BCUT2D eigenvalue weighted by Crippen LogP contribution is -2.60. The number of aliphatic hydroxyl groups excluding tert-OH is 1. The normalized spacial score (nSPS) is 37.4. The molecule has 1 spiro atoms. The smallest absolute Gasteiger partial charge is 0.247 e. The lowest BCUT2D eigenvalue weighted by Gasteiger charge is -2.43. The van der Waals surface area contributed by atoms with Crippen molar-refractivity contribution in [3.8, 4) is 0 Å². The lowest BCUT2D eigenvalue weighted by atomic mass is 9.74. The van der Waals surface area contributed by atoms with Crippen LogP contribution >= 0.6 is 11.8 Å². The molecule has 8 heteroatoms. The Morgan fingerprint density at radius 2 is 1.74 bits per heavy atom. The Morgan fingerprint density at radius 3 is 2.32 bits per heavy atom. The number of rotatable bonds is 4. The van der Waals surface area contributed by atoms with Crippen LogP contribution in [0.4, 0.5) is 0 Å². The monoisotopic (exact) mass is 489 g/mol. The molecule has 2 saturated heterocycles. The highest BCUT2D eigenvalue weighted by atomic mass is 32.2. The fourth-order valence-corrected chi connectivity index (χ4v) is 8.50. The number of amides is 3. The molecule has 0 saturated carbocycles. The third kappa shape index (κ3) is 3.47. The Kier molecular flexibility index (Phi) is 6.25. The van der Waals surface area contributed by atoms with E-state index in [9.17, 15) is 19.5 Å². The average Bonchev–Trinajstić information content (AvgIpc) is 3.03. The van der Waals surface area contributed by atoms with E-state index >= 15 is 0 Å². The van der Waals surface area contributed by atoms with Crippen molar-refractivity contribution < 1.29 is 19.5 Å². The van der Waals surface area contributed by atoms with Gasteiger partial charge in [0, 0.05) is 30.4 Å². The number of thioether (sulfide) groups is 1. The predicted octanol–water partition coefficient (Wildman–Crippen LogP) is 2.31. The molecule has 34 heavy (non-hydrogen) atoms. The van der Waals surface area contributed by atoms with Crippen LogP contribution < -0.4 is 0 Å². The number of nitrogens with zero attached hydrogens (tertiary/aromatic N) is 3. The van der Waals surface area contributed by atoms with E-state index in [-0.39, 0.29) is 30.2 Å². The zero-order valence-electron chi connectivity index (χ0n) is 21.4. The van der Waals surface area contributed by atoms with Crippen LogP contribution in [-0.2, 0) is 14.4 Å². The van der Waals surface area contributed by atoms with Gasteiger partial charge in [-0.15, -0.1) is 11.8 Å². The maximum atomic E-state index is 14.3. The molecular formula is C26H39N3O4S. The molecule has 0 bridgehead atoms. The summed E-state index contributed by atoms with van der Waals surface area (Å²) in [6.07, 6.45) is 8.88. The van der Waals surface area contributed by atoms with Gasteiger partial charge in [-0.2, -0.15) is 0 Å². The minimum atomic E-state index is -0.868. The first kappa shape index (κ1) is 25.3. The first-order valence-corrected chi connectivity index (χ1v) is 13.2. The second kappa shape index (κ2) is 8.40. The molecule has 7 nitrogen and oxygen atoms in total. The summed E-state index contributed by atoms with van der Waals surface area (Å²) in [7, 11) is 1.77. The van der Waals surface area contributed by atoms with Gasteiger partial charge in [0.15, 0.2) is 0 Å². The standard InChI is InChI=1S/C26H39N3O4S/c1-8-16(2)17(15-30)29-20-23(33)28(24(3,4)5)14-10-12-26(20)19(22(29)32)18-21(31)27(7)13-9-11-25(18,6)34-26/h9-12,16-20,30H,8,13-15H2,1-7H3/t16-,17-,18+,19-,20?,25-,26-/m0/s1. The van der Waals surface area contributed by atoms with Crippen molar-refractivity contribution in [3.05, 3.63) is 24.3 Å². The van der Waals surface area contributed by atoms with Gasteiger partial charge in [0.25, 0.3) is 0 Å². The lowest BCUT2D eigenvalue weighted by molar-refractivity contribution is -0.149. The number of hydrogen-bond acceptors (Lipinski definition) is 5. The van der Waals surface area contributed by atoms with Crippen molar-refractivity contribution in [1.29, 1.82) is 0 Å². The summed E-state index contributed by atoms with van der Waals surface area (Å²) in [5, 5.41) is 10.4. The van der Waals surface area contributed by atoms with Crippen molar-refractivity contribution in [1.82, 2.24) is 14.7 Å². The van der Waals surface area contributed by atoms with E-state index in [1.54, 1.807) is 28.6 Å². The third-order valence-corrected chi connectivity index (χ3v) is 10.1. The highest BCUT2D eigenvalue weighted by molar-refractivity contribution is 8.02. The molecule has 188 valence electrons. The van der Waals surface area contributed by atoms with Gasteiger partial charge >= 0.3 is 0 Å². The summed E-state index contributed by atoms with van der Waals surface area (Å²) in [5.74, 6) is -1.57. The second-order valence-corrected chi connectivity index (χ2v) is 13.3. The fraction of sp³-hybridized carbons (Fsp3) is 0.731. The number of hydrogen-bond donors (Lipinski definition) is 1. The van der Waals surface area contributed by atoms with Crippen LogP contribution in [-0.4, -0.2) is 91.4 Å². The molecule has 0 radical (unpaired) electrons. The van der Waals surface area contributed by atoms with Gasteiger partial charge in [0.1, 0.15) is 6.04 Å². The number of fused-ring (bicyclic) bond motifs is 2. The number of likely N-dealkylation sites (tertiary alicyclic amines) is 1. The van der Waals surface area contributed by atoms with Gasteiger partial charge in [-0.1, -0.05) is 44.6 Å². The quantitative estimate of drug-likeness (QED) is 0.613. The summed E-state index contributed by atoms with van der Waals surface area (Å²) in [6, 6.07) is -1.25. The van der Waals surface area contributed by atoms with Crippen LogP contribution in [0.2, 0.25) is 0 Å². The molecule has 0 aliphatic carbocycles. The van der Waals surface area contributed by atoms with Crippen molar-refractivity contribution in [3.63, 3.8) is 0 Å². The summed E-state index contributed by atoms with van der Waals surface area (Å²) < 4.78 is -1.47. The van der Waals surface area contributed by atoms with Crippen LogP contribution in [0.1, 0.15) is 48.0 Å². The maximum absolute atomic E-state index is 14.3. The topological polar surface area (TPSA) is 81.2 Å². The molecule has 0 aromatic carbocycles. The van der Waals surface area contributed by atoms with Gasteiger partial charge in [-0.05, 0) is 33.6 Å². The van der Waals surface area contributed by atoms with E-state index < -0.39 is 39.0 Å². The highest BCUT2D eigenvalue weighted by Crippen LogP contribution is 2.66. The van der Waals surface area contributed by atoms with Crippen molar-refractivity contribution in [2.45, 2.75) is 75.1 Å². The van der Waals surface area contributed by atoms with Gasteiger partial charge in [0.2, 0.25) is 17.7 Å². The highest BCUT2D eigenvalue weighted by Gasteiger charge is 2.74. The summed E-state index contributed by atoms with van der Waals surface area (Å²) in [6.45, 7) is 12.8. The number of carbonyl (C=O) groups excluding carboxylic acids is 3. The Labute approximate surface area is 207 Å². The van der Waals surface area contributed by atoms with Gasteiger partial charge in [0.05, 0.1) is 29.2 Å². The van der Waals surface area contributed by atoms with Crippen molar-refractivity contribution in [2.75, 3.05) is 26.7 Å². The van der Waals surface area contributed by atoms with Crippen LogP contribution in [0.3, 0.4) is 0 Å². The molecule has 1 N–H and O–H groups in total. The average molecular weight is 490 g/mol. The van der Waals surface area contributed by atoms with Crippen LogP contribution in [0.5, 0.6) is 0 Å². The molecule has 7 atom stereocenters. The second-order valence-electron chi connectivity index (χ2n) is 11.5. The van der Waals surface area contributed by atoms with E-state index in [4.69, 9.17) is 0 Å². The predicted molar refractivity (Wildman–Crippen MR) is 134 cm³/mol. The van der Waals surface area contributed by atoms with E-state index in [2.05, 4.69) is 6.08 Å². The van der Waals surface area contributed by atoms with E-state index in [0.717, 1.165) is 6.42 Å². The molecule has 4 aliphatic heterocycles. The van der Waals surface area contributed by atoms with Crippen molar-refractivity contribution in [2.24, 2.45) is 17.8 Å². The number of aliphatic hydroxyl groups is 1. The first-order valence-electron chi connectivity index (χ1n) is 12.4. The molecule has 1 unspecified atom stereocenters. The molecule has 3 amide bonds. The van der Waals surface area contributed by atoms with Crippen LogP contribution in [0.25, 0.3) is 0 Å². The number of likely N-dealkylation sites (N-methyl/N-ethyl adjacent to an activating group) is 1. The SMILES string of the molecule is CC[C@H](C)[C@H](CO)N1C(=O)[C@@H]2[C@@H]3C(=O)N(C)CC=C[C@]3(C)S[C@@]23C=CCN(C(C)(C)C)C(=O)C13. The molecule has 0 aromatic rings. The van der Waals surface area contributed by atoms with Gasteiger partial charge in [-0.3, -0.25) is 14.4 Å². The third-order valence-electron chi connectivity index (χ3n) is 8.35. The van der Waals surface area contributed by atoms with Gasteiger partial charge < -0.3 is 19.8 Å². The van der Waals surface area contributed by atoms with Crippen LogP contribution in [0, 0.1) is 17.8 Å². The summed E-state index contributed by atoms with van der Waals surface area (Å²) in [5.41, 5.74) is -0.432. The van der Waals surface area contributed by atoms with E-state index in [1.165, 1.54) is 0 Å². The summed E-state index contributed by atoms with van der Waals surface area (Å²) in [4.78, 5) is 47.5. The Balaban J connectivity index is 1.94.